The molecule has 0 saturated heterocycles. The van der Waals surface area contributed by atoms with E-state index in [1.54, 1.807) is 10.6 Å². The number of aromatic nitrogens is 1. The lowest BCUT2D eigenvalue weighted by atomic mass is 9.92. The van der Waals surface area contributed by atoms with Crippen molar-refractivity contribution in [3.05, 3.63) is 135 Å². The molecular weight excluding hydrogens is 533 g/mol. The van der Waals surface area contributed by atoms with Gasteiger partial charge < -0.3 is 4.90 Å². The second-order valence-corrected chi connectivity index (χ2v) is 10.4. The zero-order valence-electron chi connectivity index (χ0n) is 21.6. The highest BCUT2D eigenvalue weighted by atomic mass is 35.5. The average Bonchev–Trinajstić information content (AvgIpc) is 3.39. The van der Waals surface area contributed by atoms with Crippen LogP contribution in [0.3, 0.4) is 0 Å². The molecule has 7 heteroatoms. The van der Waals surface area contributed by atoms with E-state index in [0.717, 1.165) is 40.5 Å². The first-order chi connectivity index (χ1) is 19.3. The minimum atomic E-state index is -4.50. The zero-order valence-corrected chi connectivity index (χ0v) is 22.3. The SMILES string of the molecule is O=c1c(Cl)c(Cc2cccc3ccccc23)c(-c2cccc(C(F)(F)F)c2)c2n1CCN2CCc1ccccc1. The summed E-state index contributed by atoms with van der Waals surface area (Å²) in [6, 6.07) is 29.2. The van der Waals surface area contributed by atoms with Gasteiger partial charge in [-0.1, -0.05) is 96.5 Å². The van der Waals surface area contributed by atoms with Crippen molar-refractivity contribution in [1.82, 2.24) is 4.57 Å². The molecule has 202 valence electrons. The van der Waals surface area contributed by atoms with E-state index in [9.17, 15) is 18.0 Å². The van der Waals surface area contributed by atoms with Gasteiger partial charge in [-0.25, -0.2) is 0 Å². The molecule has 3 nitrogen and oxygen atoms in total. The number of hydrogen-bond acceptors (Lipinski definition) is 2. The summed E-state index contributed by atoms with van der Waals surface area (Å²) in [7, 11) is 0. The summed E-state index contributed by atoms with van der Waals surface area (Å²) in [5, 5.41) is 2.10. The number of fused-ring (bicyclic) bond motifs is 2. The van der Waals surface area contributed by atoms with Crippen LogP contribution in [0.4, 0.5) is 19.0 Å². The molecule has 40 heavy (non-hydrogen) atoms. The monoisotopic (exact) mass is 558 g/mol. The molecule has 0 fully saturated rings. The highest BCUT2D eigenvalue weighted by Crippen LogP contribution is 2.42. The van der Waals surface area contributed by atoms with Crippen molar-refractivity contribution < 1.29 is 13.2 Å². The van der Waals surface area contributed by atoms with Crippen LogP contribution in [-0.4, -0.2) is 17.7 Å². The van der Waals surface area contributed by atoms with E-state index in [1.165, 1.54) is 6.07 Å². The lowest BCUT2D eigenvalue weighted by Gasteiger charge is -2.25. The Bertz CT molecular complexity index is 1760. The fourth-order valence-corrected chi connectivity index (χ4v) is 5.93. The first-order valence-corrected chi connectivity index (χ1v) is 13.6. The standard InChI is InChI=1S/C33H26ClF3N2O/c34-30-28(21-24-12-6-11-23-10-4-5-15-27(23)24)29(25-13-7-14-26(20-25)33(35,36)37)31-38(18-19-39(31)32(30)40)17-16-22-8-2-1-3-9-22/h1-15,20H,16-19,21H2. The molecule has 0 spiro atoms. The van der Waals surface area contributed by atoms with Gasteiger partial charge in [0.05, 0.1) is 5.56 Å². The summed E-state index contributed by atoms with van der Waals surface area (Å²) in [4.78, 5) is 15.7. The molecule has 0 saturated carbocycles. The van der Waals surface area contributed by atoms with Gasteiger partial charge in [-0.05, 0) is 51.6 Å². The van der Waals surface area contributed by atoms with Crippen molar-refractivity contribution in [2.75, 3.05) is 18.0 Å². The van der Waals surface area contributed by atoms with Crippen LogP contribution >= 0.6 is 11.6 Å². The van der Waals surface area contributed by atoms with Crippen LogP contribution in [0.5, 0.6) is 0 Å². The Morgan fingerprint density at radius 1 is 0.825 bits per heavy atom. The molecule has 0 amide bonds. The summed E-state index contributed by atoms with van der Waals surface area (Å²) in [5.74, 6) is 0.625. The molecule has 6 rings (SSSR count). The molecule has 0 aliphatic carbocycles. The molecule has 0 N–H and O–H groups in total. The van der Waals surface area contributed by atoms with E-state index in [1.807, 2.05) is 72.8 Å². The maximum Gasteiger partial charge on any atom is 0.416 e. The summed E-state index contributed by atoms with van der Waals surface area (Å²) in [6.45, 7) is 1.61. The van der Waals surface area contributed by atoms with Gasteiger partial charge in [0, 0.05) is 31.6 Å². The first-order valence-electron chi connectivity index (χ1n) is 13.2. The van der Waals surface area contributed by atoms with Crippen LogP contribution in [0, 0.1) is 0 Å². The van der Waals surface area contributed by atoms with Crippen molar-refractivity contribution in [2.24, 2.45) is 0 Å². The third-order valence-corrected chi connectivity index (χ3v) is 8.00. The number of halogens is 4. The fourth-order valence-electron chi connectivity index (χ4n) is 5.67. The molecule has 1 aliphatic heterocycles. The van der Waals surface area contributed by atoms with Gasteiger partial charge >= 0.3 is 6.18 Å². The Balaban J connectivity index is 1.55. The Morgan fingerprint density at radius 2 is 1.55 bits per heavy atom. The lowest BCUT2D eigenvalue weighted by molar-refractivity contribution is -0.137. The minimum absolute atomic E-state index is 0.0500. The molecule has 0 unspecified atom stereocenters. The number of hydrogen-bond donors (Lipinski definition) is 0. The quantitative estimate of drug-likeness (QED) is 0.211. The predicted molar refractivity (Wildman–Crippen MR) is 155 cm³/mol. The van der Waals surface area contributed by atoms with E-state index in [2.05, 4.69) is 4.90 Å². The van der Waals surface area contributed by atoms with Gasteiger partial charge in [-0.3, -0.25) is 9.36 Å². The topological polar surface area (TPSA) is 25.2 Å². The maximum atomic E-state index is 13.8. The molecular formula is C33H26ClF3N2O. The Kier molecular flexibility index (Phi) is 6.88. The van der Waals surface area contributed by atoms with Crippen molar-refractivity contribution in [3.8, 4) is 11.1 Å². The van der Waals surface area contributed by atoms with Gasteiger partial charge in [-0.2, -0.15) is 13.2 Å². The highest BCUT2D eigenvalue weighted by molar-refractivity contribution is 6.31. The Morgan fingerprint density at radius 3 is 2.35 bits per heavy atom. The number of benzene rings is 4. The van der Waals surface area contributed by atoms with E-state index in [-0.39, 0.29) is 10.6 Å². The Hall–Kier alpha value is -4.03. The summed E-state index contributed by atoms with van der Waals surface area (Å²) >= 11 is 6.81. The summed E-state index contributed by atoms with van der Waals surface area (Å²) in [5.41, 5.74) is 2.55. The normalized spacial score (nSPS) is 13.2. The van der Waals surface area contributed by atoms with Crippen LogP contribution in [0.15, 0.2) is 102 Å². The van der Waals surface area contributed by atoms with Gasteiger partial charge in [0.2, 0.25) is 0 Å². The van der Waals surface area contributed by atoms with E-state index >= 15 is 0 Å². The van der Waals surface area contributed by atoms with E-state index in [0.29, 0.717) is 48.6 Å². The highest BCUT2D eigenvalue weighted by Gasteiger charge is 2.33. The largest absolute Gasteiger partial charge is 0.416 e. The number of alkyl halides is 3. The summed E-state index contributed by atoms with van der Waals surface area (Å²) < 4.78 is 43.1. The van der Waals surface area contributed by atoms with Crippen molar-refractivity contribution in [1.29, 1.82) is 0 Å². The smallest absolute Gasteiger partial charge is 0.355 e. The second kappa shape index (κ2) is 10.5. The van der Waals surface area contributed by atoms with Gasteiger partial charge in [-0.15, -0.1) is 0 Å². The third-order valence-electron chi connectivity index (χ3n) is 7.61. The molecule has 1 aromatic heterocycles. The van der Waals surface area contributed by atoms with Crippen LogP contribution in [0.25, 0.3) is 21.9 Å². The van der Waals surface area contributed by atoms with Crippen molar-refractivity contribution >= 4 is 28.2 Å². The molecule has 0 atom stereocenters. The fraction of sp³-hybridized carbons (Fsp3) is 0.182. The van der Waals surface area contributed by atoms with E-state index in [4.69, 9.17) is 11.6 Å². The molecule has 5 aromatic rings. The van der Waals surface area contributed by atoms with E-state index < -0.39 is 11.7 Å². The molecule has 0 radical (unpaired) electrons. The van der Waals surface area contributed by atoms with Gasteiger partial charge in [0.25, 0.3) is 5.56 Å². The molecule has 0 bridgehead atoms. The number of rotatable bonds is 6. The maximum absolute atomic E-state index is 13.8. The molecule has 1 aliphatic rings. The molecule has 4 aromatic carbocycles. The number of nitrogens with zero attached hydrogens (tertiary/aromatic N) is 2. The lowest BCUT2D eigenvalue weighted by Crippen LogP contribution is -2.26. The molecule has 2 heterocycles. The minimum Gasteiger partial charge on any atom is -0.355 e. The van der Waals surface area contributed by atoms with Gasteiger partial charge in [0.1, 0.15) is 10.8 Å². The zero-order chi connectivity index (χ0) is 27.9. The van der Waals surface area contributed by atoms with Crippen molar-refractivity contribution in [2.45, 2.75) is 25.6 Å². The predicted octanol–water partition coefficient (Wildman–Crippen LogP) is 7.99. The van der Waals surface area contributed by atoms with Crippen LogP contribution in [0.2, 0.25) is 5.02 Å². The summed E-state index contributed by atoms with van der Waals surface area (Å²) in [6.07, 6.45) is -3.46. The third kappa shape index (κ3) is 4.88. The van der Waals surface area contributed by atoms with Crippen LogP contribution < -0.4 is 10.5 Å². The second-order valence-electron chi connectivity index (χ2n) is 10.1. The van der Waals surface area contributed by atoms with Gasteiger partial charge in [0.15, 0.2) is 0 Å². The van der Waals surface area contributed by atoms with Crippen LogP contribution in [-0.2, 0) is 25.6 Å². The van der Waals surface area contributed by atoms with Crippen LogP contribution in [0.1, 0.15) is 22.3 Å². The first kappa shape index (κ1) is 26.2. The van der Waals surface area contributed by atoms with Crippen molar-refractivity contribution in [3.63, 3.8) is 0 Å². The number of anilines is 1. The number of pyridine rings is 1. The Labute approximate surface area is 235 Å². The average molecular weight is 559 g/mol.